The van der Waals surface area contributed by atoms with Gasteiger partial charge in [-0.25, -0.2) is 12.9 Å². The van der Waals surface area contributed by atoms with Gasteiger partial charge in [0.15, 0.2) is 5.65 Å². The average Bonchev–Trinajstić information content (AvgIpc) is 3.10. The summed E-state index contributed by atoms with van der Waals surface area (Å²) >= 11 is 0. The maximum absolute atomic E-state index is 11.4. The van der Waals surface area contributed by atoms with Gasteiger partial charge in [-0.05, 0) is 42.0 Å². The quantitative estimate of drug-likeness (QED) is 0.452. The molecule has 0 aliphatic rings. The Bertz CT molecular complexity index is 1250. The van der Waals surface area contributed by atoms with Crippen molar-refractivity contribution in [1.29, 1.82) is 0 Å². The van der Waals surface area contributed by atoms with Gasteiger partial charge in [-0.3, -0.25) is 4.72 Å². The van der Waals surface area contributed by atoms with Crippen LogP contribution in [0.15, 0.2) is 66.7 Å². The number of benzene rings is 2. The van der Waals surface area contributed by atoms with Gasteiger partial charge in [-0.15, -0.1) is 5.10 Å². The number of hydrogen-bond acceptors (Lipinski definition) is 6. The molecule has 0 radical (unpaired) electrons. The Balaban J connectivity index is 1.63. The molecule has 0 aliphatic heterocycles. The highest BCUT2D eigenvalue weighted by Gasteiger charge is 2.10. The third kappa shape index (κ3) is 4.36. The molecular formula is C20H19N5O3S. The summed E-state index contributed by atoms with van der Waals surface area (Å²) in [5.74, 6) is 0.449. The second-order valence-electron chi connectivity index (χ2n) is 6.55. The summed E-state index contributed by atoms with van der Waals surface area (Å²) in [7, 11) is -3.32. The largest absolute Gasteiger partial charge is 0.392 e. The van der Waals surface area contributed by atoms with Crippen LogP contribution >= 0.6 is 0 Å². The number of aliphatic hydroxyl groups is 1. The second-order valence-corrected chi connectivity index (χ2v) is 8.30. The van der Waals surface area contributed by atoms with E-state index in [-0.39, 0.29) is 6.61 Å². The van der Waals surface area contributed by atoms with Gasteiger partial charge in [0.25, 0.3) is 0 Å². The highest BCUT2D eigenvalue weighted by Crippen LogP contribution is 2.24. The van der Waals surface area contributed by atoms with Gasteiger partial charge in [0.1, 0.15) is 0 Å². The van der Waals surface area contributed by atoms with Gasteiger partial charge in [-0.1, -0.05) is 30.3 Å². The fourth-order valence-corrected chi connectivity index (χ4v) is 3.49. The van der Waals surface area contributed by atoms with Crippen LogP contribution in [0.1, 0.15) is 5.56 Å². The lowest BCUT2D eigenvalue weighted by atomic mass is 10.1. The molecule has 0 aliphatic carbocycles. The molecule has 0 atom stereocenters. The molecule has 3 N–H and O–H groups in total. The van der Waals surface area contributed by atoms with Gasteiger partial charge in [0, 0.05) is 16.9 Å². The number of sulfonamides is 1. The van der Waals surface area contributed by atoms with E-state index in [0.717, 1.165) is 28.8 Å². The smallest absolute Gasteiger partial charge is 0.247 e. The Labute approximate surface area is 167 Å². The predicted molar refractivity (Wildman–Crippen MR) is 113 cm³/mol. The van der Waals surface area contributed by atoms with Crippen LogP contribution in [0.2, 0.25) is 0 Å². The fourth-order valence-electron chi connectivity index (χ4n) is 2.92. The van der Waals surface area contributed by atoms with E-state index in [0.29, 0.717) is 17.3 Å². The Kier molecular flexibility index (Phi) is 4.91. The maximum Gasteiger partial charge on any atom is 0.247 e. The molecule has 0 saturated heterocycles. The summed E-state index contributed by atoms with van der Waals surface area (Å²) in [5, 5.41) is 16.8. The molecule has 9 heteroatoms. The van der Waals surface area contributed by atoms with Crippen molar-refractivity contribution in [2.24, 2.45) is 0 Å². The molecule has 2 aromatic carbocycles. The number of aliphatic hydroxyl groups excluding tert-OH is 1. The van der Waals surface area contributed by atoms with Crippen molar-refractivity contribution in [3.8, 4) is 11.3 Å². The molecule has 0 spiro atoms. The monoisotopic (exact) mass is 409 g/mol. The first-order chi connectivity index (χ1) is 13.9. The van der Waals surface area contributed by atoms with E-state index < -0.39 is 10.0 Å². The fraction of sp³-hybridized carbons (Fsp3) is 0.100. The molecule has 4 rings (SSSR count). The zero-order chi connectivity index (χ0) is 20.4. The molecule has 0 bridgehead atoms. The molecule has 0 saturated carbocycles. The summed E-state index contributed by atoms with van der Waals surface area (Å²) < 4.78 is 26.9. The molecule has 148 valence electrons. The first-order valence-electron chi connectivity index (χ1n) is 8.82. The van der Waals surface area contributed by atoms with Crippen LogP contribution in [0, 0.1) is 0 Å². The number of fused-ring (bicyclic) bond motifs is 1. The number of rotatable bonds is 6. The van der Waals surface area contributed by atoms with Crippen molar-refractivity contribution >= 4 is 33.0 Å². The number of nitrogens with one attached hydrogen (secondary N) is 2. The Morgan fingerprint density at radius 2 is 1.66 bits per heavy atom. The van der Waals surface area contributed by atoms with E-state index in [1.54, 1.807) is 16.6 Å². The van der Waals surface area contributed by atoms with Crippen molar-refractivity contribution in [2.75, 3.05) is 16.3 Å². The van der Waals surface area contributed by atoms with Crippen molar-refractivity contribution in [3.63, 3.8) is 0 Å². The molecule has 2 heterocycles. The SMILES string of the molecule is CS(=O)(=O)Nc1ccc(-c2cccc3nc(Nc4ccc(CO)cc4)nn23)cc1. The van der Waals surface area contributed by atoms with Crippen LogP contribution in [0.5, 0.6) is 0 Å². The standard InChI is InChI=1S/C20H19N5O3S/c1-29(27,28)24-17-11-7-15(8-12-17)18-3-2-4-19-22-20(23-25(18)19)21-16-9-5-14(13-26)6-10-16/h2-12,24,26H,13H2,1H3,(H,21,23). The van der Waals surface area contributed by atoms with Crippen LogP contribution in [0.25, 0.3) is 16.9 Å². The van der Waals surface area contributed by atoms with E-state index in [2.05, 4.69) is 20.1 Å². The lowest BCUT2D eigenvalue weighted by molar-refractivity contribution is 0.282. The summed E-state index contributed by atoms with van der Waals surface area (Å²) in [6.07, 6.45) is 1.11. The van der Waals surface area contributed by atoms with Gasteiger partial charge in [0.05, 0.1) is 18.6 Å². The summed E-state index contributed by atoms with van der Waals surface area (Å²) in [6, 6.07) is 20.1. The lowest BCUT2D eigenvalue weighted by Gasteiger charge is -2.07. The molecule has 2 aromatic heterocycles. The molecule has 0 unspecified atom stereocenters. The van der Waals surface area contributed by atoms with Gasteiger partial charge in [0.2, 0.25) is 16.0 Å². The molecule has 8 nitrogen and oxygen atoms in total. The van der Waals surface area contributed by atoms with Crippen molar-refractivity contribution < 1.29 is 13.5 Å². The minimum absolute atomic E-state index is 0.00521. The van der Waals surface area contributed by atoms with Crippen LogP contribution in [0.4, 0.5) is 17.3 Å². The normalized spacial score (nSPS) is 11.5. The third-order valence-corrected chi connectivity index (χ3v) is 4.84. The molecule has 0 amide bonds. The second kappa shape index (κ2) is 7.53. The van der Waals surface area contributed by atoms with Crippen molar-refractivity contribution in [3.05, 3.63) is 72.3 Å². The zero-order valence-electron chi connectivity index (χ0n) is 15.6. The maximum atomic E-state index is 11.4. The Morgan fingerprint density at radius 3 is 2.31 bits per heavy atom. The molecule has 4 aromatic rings. The summed E-state index contributed by atoms with van der Waals surface area (Å²) in [6.45, 7) is -0.00521. The van der Waals surface area contributed by atoms with Crippen molar-refractivity contribution in [2.45, 2.75) is 6.61 Å². The highest BCUT2D eigenvalue weighted by molar-refractivity contribution is 7.92. The number of anilines is 3. The minimum atomic E-state index is -3.32. The molecular weight excluding hydrogens is 390 g/mol. The van der Waals surface area contributed by atoms with E-state index in [9.17, 15) is 8.42 Å². The Hall–Kier alpha value is -3.43. The first-order valence-corrected chi connectivity index (χ1v) is 10.7. The summed E-state index contributed by atoms with van der Waals surface area (Å²) in [5.41, 5.74) is 4.51. The first kappa shape index (κ1) is 18.9. The molecule has 29 heavy (non-hydrogen) atoms. The van der Waals surface area contributed by atoms with Gasteiger partial charge < -0.3 is 10.4 Å². The lowest BCUT2D eigenvalue weighted by Crippen LogP contribution is -2.09. The Morgan fingerprint density at radius 1 is 0.966 bits per heavy atom. The van der Waals surface area contributed by atoms with Crippen LogP contribution in [0.3, 0.4) is 0 Å². The van der Waals surface area contributed by atoms with Gasteiger partial charge >= 0.3 is 0 Å². The number of nitrogens with zero attached hydrogens (tertiary/aromatic N) is 3. The van der Waals surface area contributed by atoms with Crippen LogP contribution < -0.4 is 10.0 Å². The van der Waals surface area contributed by atoms with E-state index >= 15 is 0 Å². The van der Waals surface area contributed by atoms with E-state index in [4.69, 9.17) is 5.11 Å². The topological polar surface area (TPSA) is 109 Å². The number of aromatic nitrogens is 3. The average molecular weight is 409 g/mol. The zero-order valence-corrected chi connectivity index (χ0v) is 16.4. The summed E-state index contributed by atoms with van der Waals surface area (Å²) in [4.78, 5) is 4.50. The highest BCUT2D eigenvalue weighted by atomic mass is 32.2. The predicted octanol–water partition coefficient (Wildman–Crippen LogP) is 3.00. The van der Waals surface area contributed by atoms with Crippen LogP contribution in [-0.2, 0) is 16.6 Å². The number of hydrogen-bond donors (Lipinski definition) is 3. The third-order valence-electron chi connectivity index (χ3n) is 4.24. The van der Waals surface area contributed by atoms with Crippen LogP contribution in [-0.4, -0.2) is 34.4 Å². The minimum Gasteiger partial charge on any atom is -0.392 e. The molecule has 0 fully saturated rings. The number of pyridine rings is 1. The van der Waals surface area contributed by atoms with Crippen molar-refractivity contribution in [1.82, 2.24) is 14.6 Å². The van der Waals surface area contributed by atoms with Gasteiger partial charge in [-0.2, -0.15) is 4.98 Å². The van der Waals surface area contributed by atoms with E-state index in [1.807, 2.05) is 54.6 Å². The van der Waals surface area contributed by atoms with E-state index in [1.165, 1.54) is 0 Å².